The molecule has 0 spiro atoms. The lowest BCUT2D eigenvalue weighted by Gasteiger charge is -2.40. The molecular formula is C14H21ClN4O. The fourth-order valence-electron chi connectivity index (χ4n) is 2.77. The fraction of sp³-hybridized carbons (Fsp3) is 0.571. The molecule has 2 N–H and O–H groups in total. The van der Waals surface area contributed by atoms with Crippen molar-refractivity contribution in [3.63, 3.8) is 0 Å². The molecule has 1 aromatic carbocycles. The standard InChI is InChI=1S/C14H21ClN4O/c1-17-5-7-18(8-6-17)9-11-10-20-14-12(15)3-2-4-13(14)19(11)16/h2-4,11H,5-10,16H2,1H3. The van der Waals surface area contributed by atoms with Crippen molar-refractivity contribution in [3.8, 4) is 5.75 Å². The third kappa shape index (κ3) is 2.72. The van der Waals surface area contributed by atoms with E-state index in [2.05, 4.69) is 16.8 Å². The Morgan fingerprint density at radius 3 is 2.80 bits per heavy atom. The molecule has 2 heterocycles. The molecule has 1 unspecified atom stereocenters. The first-order valence-corrected chi connectivity index (χ1v) is 7.39. The number of nitrogens with two attached hydrogens (primary N) is 1. The summed E-state index contributed by atoms with van der Waals surface area (Å²) >= 11 is 6.14. The van der Waals surface area contributed by atoms with Crippen molar-refractivity contribution < 1.29 is 4.74 Å². The SMILES string of the molecule is CN1CCN(CC2COc3c(Cl)cccc3N2N)CC1. The van der Waals surface area contributed by atoms with E-state index in [1.165, 1.54) is 0 Å². The van der Waals surface area contributed by atoms with Crippen LogP contribution in [0.3, 0.4) is 0 Å². The second kappa shape index (κ2) is 5.77. The molecule has 0 aliphatic carbocycles. The molecule has 1 saturated heterocycles. The summed E-state index contributed by atoms with van der Waals surface area (Å²) in [5, 5.41) is 2.43. The van der Waals surface area contributed by atoms with Crippen LogP contribution in [0.5, 0.6) is 5.75 Å². The number of hydrogen-bond acceptors (Lipinski definition) is 5. The molecule has 0 bridgehead atoms. The van der Waals surface area contributed by atoms with E-state index in [4.69, 9.17) is 22.2 Å². The molecule has 5 nitrogen and oxygen atoms in total. The van der Waals surface area contributed by atoms with Crippen molar-refractivity contribution >= 4 is 17.3 Å². The van der Waals surface area contributed by atoms with E-state index in [1.54, 1.807) is 0 Å². The van der Waals surface area contributed by atoms with Crippen LogP contribution in [0.15, 0.2) is 18.2 Å². The van der Waals surface area contributed by atoms with Gasteiger partial charge >= 0.3 is 0 Å². The van der Waals surface area contributed by atoms with E-state index in [0.29, 0.717) is 17.4 Å². The number of para-hydroxylation sites is 1. The van der Waals surface area contributed by atoms with Gasteiger partial charge in [-0.25, -0.2) is 5.84 Å². The number of benzene rings is 1. The molecule has 0 aromatic heterocycles. The smallest absolute Gasteiger partial charge is 0.162 e. The van der Waals surface area contributed by atoms with Crippen molar-refractivity contribution in [3.05, 3.63) is 23.2 Å². The van der Waals surface area contributed by atoms with Crippen LogP contribution in [0, 0.1) is 0 Å². The van der Waals surface area contributed by atoms with Crippen molar-refractivity contribution in [2.75, 3.05) is 51.4 Å². The van der Waals surface area contributed by atoms with E-state index in [9.17, 15) is 0 Å². The first-order chi connectivity index (χ1) is 9.65. The quantitative estimate of drug-likeness (QED) is 0.826. The summed E-state index contributed by atoms with van der Waals surface area (Å²) in [4.78, 5) is 4.80. The van der Waals surface area contributed by atoms with Crippen molar-refractivity contribution in [2.45, 2.75) is 6.04 Å². The number of nitrogens with zero attached hydrogens (tertiary/aromatic N) is 3. The zero-order chi connectivity index (χ0) is 14.1. The van der Waals surface area contributed by atoms with Gasteiger partial charge in [0.2, 0.25) is 0 Å². The molecule has 20 heavy (non-hydrogen) atoms. The van der Waals surface area contributed by atoms with E-state index < -0.39 is 0 Å². The van der Waals surface area contributed by atoms with Gasteiger partial charge in [0.1, 0.15) is 6.61 Å². The van der Waals surface area contributed by atoms with E-state index in [0.717, 1.165) is 38.4 Å². The molecule has 2 aliphatic rings. The molecule has 0 radical (unpaired) electrons. The zero-order valence-corrected chi connectivity index (χ0v) is 12.5. The molecule has 0 amide bonds. The Morgan fingerprint density at radius 2 is 2.05 bits per heavy atom. The highest BCUT2D eigenvalue weighted by atomic mass is 35.5. The lowest BCUT2D eigenvalue weighted by molar-refractivity contribution is 0.131. The monoisotopic (exact) mass is 296 g/mol. The topological polar surface area (TPSA) is 45.0 Å². The molecule has 110 valence electrons. The van der Waals surface area contributed by atoms with Gasteiger partial charge in [0.15, 0.2) is 5.75 Å². The van der Waals surface area contributed by atoms with Crippen LogP contribution >= 0.6 is 11.6 Å². The predicted molar refractivity (Wildman–Crippen MR) is 81.3 cm³/mol. The van der Waals surface area contributed by atoms with E-state index >= 15 is 0 Å². The summed E-state index contributed by atoms with van der Waals surface area (Å²) < 4.78 is 5.81. The molecular weight excluding hydrogens is 276 g/mol. The predicted octanol–water partition coefficient (Wildman–Crippen LogP) is 1.03. The van der Waals surface area contributed by atoms with E-state index in [1.807, 2.05) is 23.2 Å². The fourth-order valence-corrected chi connectivity index (χ4v) is 2.99. The van der Waals surface area contributed by atoms with Crippen LogP contribution in [-0.4, -0.2) is 62.2 Å². The lowest BCUT2D eigenvalue weighted by Crippen LogP contribution is -2.56. The largest absolute Gasteiger partial charge is 0.488 e. The Kier molecular flexibility index (Phi) is 4.03. The Bertz CT molecular complexity index is 476. The molecule has 6 heteroatoms. The first-order valence-electron chi connectivity index (χ1n) is 7.01. The van der Waals surface area contributed by atoms with Crippen LogP contribution in [-0.2, 0) is 0 Å². The average molecular weight is 297 g/mol. The van der Waals surface area contributed by atoms with Crippen molar-refractivity contribution in [2.24, 2.45) is 5.84 Å². The molecule has 1 atom stereocenters. The number of halogens is 1. The second-order valence-electron chi connectivity index (χ2n) is 5.56. The van der Waals surface area contributed by atoms with Crippen LogP contribution in [0.4, 0.5) is 5.69 Å². The third-order valence-corrected chi connectivity index (χ3v) is 4.40. The molecule has 1 aromatic rings. The maximum atomic E-state index is 6.26. The Labute approximate surface area is 124 Å². The summed E-state index contributed by atoms with van der Waals surface area (Å²) in [5.41, 5.74) is 0.878. The Balaban J connectivity index is 1.68. The summed E-state index contributed by atoms with van der Waals surface area (Å²) in [6, 6.07) is 5.86. The van der Waals surface area contributed by atoms with Crippen molar-refractivity contribution in [1.29, 1.82) is 0 Å². The molecule has 0 saturated carbocycles. The number of likely N-dealkylation sites (N-methyl/N-ethyl adjacent to an activating group) is 1. The number of hydrazine groups is 1. The average Bonchev–Trinajstić information content (AvgIpc) is 2.45. The van der Waals surface area contributed by atoms with E-state index in [-0.39, 0.29) is 6.04 Å². The van der Waals surface area contributed by atoms with Gasteiger partial charge in [-0.1, -0.05) is 17.7 Å². The van der Waals surface area contributed by atoms with Crippen LogP contribution in [0.1, 0.15) is 0 Å². The summed E-state index contributed by atoms with van der Waals surface area (Å²) in [6.07, 6.45) is 0. The number of hydrogen-bond donors (Lipinski definition) is 1. The maximum Gasteiger partial charge on any atom is 0.162 e. The molecule has 3 rings (SSSR count). The van der Waals surface area contributed by atoms with Gasteiger partial charge in [-0.05, 0) is 19.2 Å². The summed E-state index contributed by atoms with van der Waals surface area (Å²) in [7, 11) is 2.16. The number of rotatable bonds is 2. The normalized spacial score (nSPS) is 24.4. The van der Waals surface area contributed by atoms with Gasteiger partial charge in [-0.2, -0.15) is 0 Å². The van der Waals surface area contributed by atoms with Gasteiger partial charge in [-0.15, -0.1) is 0 Å². The minimum atomic E-state index is 0.171. The number of fused-ring (bicyclic) bond motifs is 1. The maximum absolute atomic E-state index is 6.26. The summed E-state index contributed by atoms with van der Waals surface area (Å²) in [5.74, 6) is 6.96. The molecule has 2 aliphatic heterocycles. The Hall–Kier alpha value is -1.01. The highest BCUT2D eigenvalue weighted by Gasteiger charge is 2.29. The third-order valence-electron chi connectivity index (χ3n) is 4.10. The number of piperazine rings is 1. The molecule has 1 fully saturated rings. The number of ether oxygens (including phenoxy) is 1. The second-order valence-corrected chi connectivity index (χ2v) is 5.97. The Morgan fingerprint density at radius 1 is 1.30 bits per heavy atom. The van der Waals surface area contributed by atoms with Crippen molar-refractivity contribution in [1.82, 2.24) is 9.80 Å². The van der Waals surface area contributed by atoms with Gasteiger partial charge in [0.05, 0.1) is 16.8 Å². The van der Waals surface area contributed by atoms with Crippen LogP contribution in [0.2, 0.25) is 5.02 Å². The van der Waals surface area contributed by atoms with Crippen LogP contribution in [0.25, 0.3) is 0 Å². The minimum absolute atomic E-state index is 0.171. The van der Waals surface area contributed by atoms with Crippen LogP contribution < -0.4 is 15.6 Å². The van der Waals surface area contributed by atoms with Gasteiger partial charge in [-0.3, -0.25) is 9.91 Å². The minimum Gasteiger partial charge on any atom is -0.488 e. The highest BCUT2D eigenvalue weighted by molar-refractivity contribution is 6.32. The van der Waals surface area contributed by atoms with Gasteiger partial charge in [0.25, 0.3) is 0 Å². The van der Waals surface area contributed by atoms with Gasteiger partial charge in [0, 0.05) is 32.7 Å². The summed E-state index contributed by atoms with van der Waals surface area (Å²) in [6.45, 7) is 5.91. The highest BCUT2D eigenvalue weighted by Crippen LogP contribution is 2.38. The lowest BCUT2D eigenvalue weighted by atomic mass is 10.1. The van der Waals surface area contributed by atoms with Gasteiger partial charge < -0.3 is 9.64 Å². The first kappa shape index (κ1) is 13.9. The number of anilines is 1. The zero-order valence-electron chi connectivity index (χ0n) is 11.8.